The van der Waals surface area contributed by atoms with Crippen molar-refractivity contribution in [2.75, 3.05) is 5.32 Å². The highest BCUT2D eigenvalue weighted by molar-refractivity contribution is 5.97. The standard InChI is InChI=1S/C23H24N2O/c1-17(2)14-23(3,15-18-9-5-4-6-10-18)22(26)25-20-13-19-11-7-8-12-21(19)24-16-20/h4-13,16H,1,14-15H2,2-3H3,(H,25,26). The second-order valence-corrected chi connectivity index (χ2v) is 7.23. The third-order valence-electron chi connectivity index (χ3n) is 4.53. The topological polar surface area (TPSA) is 42.0 Å². The van der Waals surface area contributed by atoms with Crippen LogP contribution in [0.2, 0.25) is 0 Å². The Balaban J connectivity index is 1.85. The molecule has 0 radical (unpaired) electrons. The third-order valence-corrected chi connectivity index (χ3v) is 4.53. The predicted molar refractivity (Wildman–Crippen MR) is 108 cm³/mol. The van der Waals surface area contributed by atoms with Gasteiger partial charge in [0.05, 0.1) is 22.8 Å². The van der Waals surface area contributed by atoms with Crippen molar-refractivity contribution in [3.63, 3.8) is 0 Å². The van der Waals surface area contributed by atoms with Gasteiger partial charge < -0.3 is 5.32 Å². The Morgan fingerprint density at radius 1 is 1.12 bits per heavy atom. The van der Waals surface area contributed by atoms with Crippen molar-refractivity contribution in [2.24, 2.45) is 5.41 Å². The van der Waals surface area contributed by atoms with Crippen LogP contribution >= 0.6 is 0 Å². The minimum Gasteiger partial charge on any atom is -0.324 e. The molecule has 3 nitrogen and oxygen atoms in total. The summed E-state index contributed by atoms with van der Waals surface area (Å²) >= 11 is 0. The molecular weight excluding hydrogens is 320 g/mol. The van der Waals surface area contributed by atoms with E-state index in [2.05, 4.69) is 29.0 Å². The Morgan fingerprint density at radius 3 is 2.54 bits per heavy atom. The van der Waals surface area contributed by atoms with E-state index in [0.29, 0.717) is 12.8 Å². The molecule has 3 aromatic rings. The Morgan fingerprint density at radius 2 is 1.81 bits per heavy atom. The van der Waals surface area contributed by atoms with Gasteiger partial charge >= 0.3 is 0 Å². The molecule has 1 aromatic heterocycles. The molecule has 1 N–H and O–H groups in total. The molecule has 0 aliphatic carbocycles. The minimum absolute atomic E-state index is 0.0126. The average molecular weight is 344 g/mol. The molecule has 1 unspecified atom stereocenters. The van der Waals surface area contributed by atoms with E-state index >= 15 is 0 Å². The Bertz CT molecular complexity index is 933. The lowest BCUT2D eigenvalue weighted by Crippen LogP contribution is -2.36. The van der Waals surface area contributed by atoms with Crippen LogP contribution in [0, 0.1) is 5.41 Å². The van der Waals surface area contributed by atoms with Gasteiger partial charge in [-0.3, -0.25) is 9.78 Å². The average Bonchev–Trinajstić information content (AvgIpc) is 2.61. The van der Waals surface area contributed by atoms with Gasteiger partial charge in [-0.15, -0.1) is 6.58 Å². The number of rotatable bonds is 6. The molecule has 1 amide bonds. The highest BCUT2D eigenvalue weighted by Crippen LogP contribution is 2.32. The van der Waals surface area contributed by atoms with Crippen molar-refractivity contribution >= 4 is 22.5 Å². The van der Waals surface area contributed by atoms with Crippen LogP contribution in [0.5, 0.6) is 0 Å². The van der Waals surface area contributed by atoms with Gasteiger partial charge in [-0.25, -0.2) is 0 Å². The molecule has 1 heterocycles. The highest BCUT2D eigenvalue weighted by Gasteiger charge is 2.33. The number of amides is 1. The Labute approximate surface area is 154 Å². The van der Waals surface area contributed by atoms with Crippen molar-refractivity contribution in [3.8, 4) is 0 Å². The van der Waals surface area contributed by atoms with Gasteiger partial charge in [-0.2, -0.15) is 0 Å². The van der Waals surface area contributed by atoms with Gasteiger partial charge in [-0.05, 0) is 37.5 Å². The molecule has 0 spiro atoms. The summed E-state index contributed by atoms with van der Waals surface area (Å²) in [6, 6.07) is 19.9. The lowest BCUT2D eigenvalue weighted by molar-refractivity contribution is -0.124. The number of anilines is 1. The fourth-order valence-corrected chi connectivity index (χ4v) is 3.36. The van der Waals surface area contributed by atoms with E-state index in [9.17, 15) is 4.79 Å². The van der Waals surface area contributed by atoms with E-state index in [1.807, 2.05) is 62.4 Å². The number of fused-ring (bicyclic) bond motifs is 1. The van der Waals surface area contributed by atoms with E-state index in [4.69, 9.17) is 0 Å². The summed E-state index contributed by atoms with van der Waals surface area (Å²) in [6.45, 7) is 7.98. The number of para-hydroxylation sites is 1. The molecule has 1 atom stereocenters. The first-order chi connectivity index (χ1) is 12.5. The first kappa shape index (κ1) is 17.9. The number of nitrogens with one attached hydrogen (secondary N) is 1. The maximum absolute atomic E-state index is 13.1. The van der Waals surface area contributed by atoms with E-state index < -0.39 is 5.41 Å². The molecule has 132 valence electrons. The quantitative estimate of drug-likeness (QED) is 0.609. The normalized spacial score (nSPS) is 13.2. The summed E-state index contributed by atoms with van der Waals surface area (Å²) < 4.78 is 0. The second kappa shape index (κ2) is 7.52. The van der Waals surface area contributed by atoms with Crippen LogP contribution in [0.3, 0.4) is 0 Å². The summed E-state index contributed by atoms with van der Waals surface area (Å²) in [6.07, 6.45) is 3.01. The molecule has 0 saturated heterocycles. The SMILES string of the molecule is C=C(C)CC(C)(Cc1ccccc1)C(=O)Nc1cnc2ccccc2c1. The highest BCUT2D eigenvalue weighted by atomic mass is 16.2. The molecule has 0 bridgehead atoms. The van der Waals surface area contributed by atoms with Gasteiger partial charge in [-0.1, -0.05) is 61.0 Å². The number of aromatic nitrogens is 1. The van der Waals surface area contributed by atoms with Crippen molar-refractivity contribution in [3.05, 3.63) is 84.6 Å². The zero-order valence-corrected chi connectivity index (χ0v) is 15.3. The van der Waals surface area contributed by atoms with Crippen molar-refractivity contribution in [1.82, 2.24) is 4.98 Å². The molecule has 0 saturated carbocycles. The first-order valence-electron chi connectivity index (χ1n) is 8.81. The van der Waals surface area contributed by atoms with Crippen LogP contribution in [-0.2, 0) is 11.2 Å². The maximum Gasteiger partial charge on any atom is 0.231 e. The maximum atomic E-state index is 13.1. The fourth-order valence-electron chi connectivity index (χ4n) is 3.36. The largest absolute Gasteiger partial charge is 0.324 e. The number of hydrogen-bond acceptors (Lipinski definition) is 2. The van der Waals surface area contributed by atoms with E-state index in [-0.39, 0.29) is 5.91 Å². The molecule has 0 aliphatic rings. The van der Waals surface area contributed by atoms with Crippen LogP contribution in [0.4, 0.5) is 5.69 Å². The van der Waals surface area contributed by atoms with E-state index in [0.717, 1.165) is 27.7 Å². The summed E-state index contributed by atoms with van der Waals surface area (Å²) in [5, 5.41) is 4.07. The van der Waals surface area contributed by atoms with Gasteiger partial charge in [0.2, 0.25) is 5.91 Å². The lowest BCUT2D eigenvalue weighted by atomic mass is 9.77. The smallest absolute Gasteiger partial charge is 0.231 e. The zero-order chi connectivity index (χ0) is 18.6. The summed E-state index contributed by atoms with van der Waals surface area (Å²) in [5.41, 5.74) is 3.20. The Kier molecular flexibility index (Phi) is 5.17. The first-order valence-corrected chi connectivity index (χ1v) is 8.81. The summed E-state index contributed by atoms with van der Waals surface area (Å²) in [7, 11) is 0. The molecule has 3 heteroatoms. The van der Waals surface area contributed by atoms with E-state index in [1.54, 1.807) is 6.20 Å². The number of benzene rings is 2. The fraction of sp³-hybridized carbons (Fsp3) is 0.217. The molecule has 0 fully saturated rings. The molecule has 0 aliphatic heterocycles. The van der Waals surface area contributed by atoms with Crippen molar-refractivity contribution in [2.45, 2.75) is 26.7 Å². The predicted octanol–water partition coefficient (Wildman–Crippen LogP) is 5.39. The summed E-state index contributed by atoms with van der Waals surface area (Å²) in [5.74, 6) is -0.0126. The number of carbonyl (C=O) groups excluding carboxylic acids is 1. The van der Waals surface area contributed by atoms with Crippen LogP contribution in [0.1, 0.15) is 25.8 Å². The lowest BCUT2D eigenvalue weighted by Gasteiger charge is -2.29. The van der Waals surface area contributed by atoms with Crippen LogP contribution in [-0.4, -0.2) is 10.9 Å². The molecular formula is C23H24N2O. The molecule has 3 rings (SSSR count). The van der Waals surface area contributed by atoms with Crippen LogP contribution in [0.15, 0.2) is 79.0 Å². The van der Waals surface area contributed by atoms with Crippen LogP contribution < -0.4 is 5.32 Å². The number of allylic oxidation sites excluding steroid dienone is 1. The van der Waals surface area contributed by atoms with Crippen LogP contribution in [0.25, 0.3) is 10.9 Å². The third kappa shape index (κ3) is 4.17. The molecule has 2 aromatic carbocycles. The number of nitrogens with zero attached hydrogens (tertiary/aromatic N) is 1. The van der Waals surface area contributed by atoms with Gasteiger partial charge in [0.15, 0.2) is 0 Å². The van der Waals surface area contributed by atoms with Crippen molar-refractivity contribution in [1.29, 1.82) is 0 Å². The van der Waals surface area contributed by atoms with Gasteiger partial charge in [0, 0.05) is 5.39 Å². The van der Waals surface area contributed by atoms with Gasteiger partial charge in [0.25, 0.3) is 0 Å². The summed E-state index contributed by atoms with van der Waals surface area (Å²) in [4.78, 5) is 17.6. The number of carbonyl (C=O) groups is 1. The number of hydrogen-bond donors (Lipinski definition) is 1. The number of pyridine rings is 1. The molecule has 26 heavy (non-hydrogen) atoms. The second-order valence-electron chi connectivity index (χ2n) is 7.23. The monoisotopic (exact) mass is 344 g/mol. The Hall–Kier alpha value is -2.94. The van der Waals surface area contributed by atoms with Gasteiger partial charge in [0.1, 0.15) is 0 Å². The minimum atomic E-state index is -0.571. The zero-order valence-electron chi connectivity index (χ0n) is 15.3. The van der Waals surface area contributed by atoms with E-state index in [1.165, 1.54) is 0 Å². The van der Waals surface area contributed by atoms with Crippen molar-refractivity contribution < 1.29 is 4.79 Å².